The molecular formula is C24H21FN6O2. The third-order valence-corrected chi connectivity index (χ3v) is 5.47. The first-order valence-electron chi connectivity index (χ1n) is 10.5. The highest BCUT2D eigenvalue weighted by atomic mass is 19.1. The Bertz CT molecular complexity index is 1290. The van der Waals surface area contributed by atoms with Gasteiger partial charge in [0.25, 0.3) is 0 Å². The van der Waals surface area contributed by atoms with Crippen molar-refractivity contribution in [1.82, 2.24) is 15.0 Å². The molecule has 2 amide bonds. The van der Waals surface area contributed by atoms with Gasteiger partial charge >= 0.3 is 6.03 Å². The Labute approximate surface area is 189 Å². The Morgan fingerprint density at radius 2 is 2.06 bits per heavy atom. The van der Waals surface area contributed by atoms with E-state index < -0.39 is 5.82 Å². The van der Waals surface area contributed by atoms with Crippen LogP contribution in [0.15, 0.2) is 71.9 Å². The first-order chi connectivity index (χ1) is 16.1. The molecule has 0 saturated carbocycles. The summed E-state index contributed by atoms with van der Waals surface area (Å²) in [5.74, 6) is 0.640. The van der Waals surface area contributed by atoms with E-state index in [0.717, 1.165) is 23.9 Å². The number of amides is 2. The molecule has 5 rings (SSSR count). The zero-order valence-electron chi connectivity index (χ0n) is 17.8. The van der Waals surface area contributed by atoms with E-state index in [4.69, 9.17) is 9.40 Å². The molecule has 33 heavy (non-hydrogen) atoms. The molecule has 0 radical (unpaired) electrons. The quantitative estimate of drug-likeness (QED) is 0.452. The van der Waals surface area contributed by atoms with E-state index in [1.807, 2.05) is 37.3 Å². The van der Waals surface area contributed by atoms with Crippen LogP contribution in [-0.4, -0.2) is 33.6 Å². The number of carbonyl (C=O) groups excluding carboxylic acids is 1. The van der Waals surface area contributed by atoms with Crippen molar-refractivity contribution in [2.45, 2.75) is 19.4 Å². The molecule has 0 bridgehead atoms. The number of oxazole rings is 1. The van der Waals surface area contributed by atoms with Gasteiger partial charge in [-0.1, -0.05) is 12.1 Å². The summed E-state index contributed by atoms with van der Waals surface area (Å²) in [4.78, 5) is 27.6. The molecule has 9 heteroatoms. The van der Waals surface area contributed by atoms with Crippen LogP contribution in [-0.2, 0) is 0 Å². The minimum Gasteiger partial charge on any atom is -0.444 e. The summed E-state index contributed by atoms with van der Waals surface area (Å²) in [6.45, 7) is 2.67. The predicted octanol–water partition coefficient (Wildman–Crippen LogP) is 5.18. The number of pyridine rings is 2. The molecule has 1 aliphatic heterocycles. The number of hydrogen-bond donors (Lipinski definition) is 2. The van der Waals surface area contributed by atoms with Crippen molar-refractivity contribution < 1.29 is 13.6 Å². The third kappa shape index (κ3) is 4.25. The van der Waals surface area contributed by atoms with E-state index in [2.05, 4.69) is 20.6 Å². The van der Waals surface area contributed by atoms with E-state index >= 15 is 0 Å². The van der Waals surface area contributed by atoms with Crippen LogP contribution < -0.4 is 15.5 Å². The smallest absolute Gasteiger partial charge is 0.327 e. The number of halogens is 1. The standard InChI is InChI=1S/C24H21FN6O2/c1-15-7-8-28-21-6-5-20(17-9-18(25)12-26-11-17)30-23(21)31(15)24(32)29-19-4-2-3-16(10-19)22-13-27-14-33-22/h2-6,9-15,28H,7-8H2,1H3,(H,29,32)/t15-/m1/s1. The van der Waals surface area contributed by atoms with Crippen molar-refractivity contribution in [3.05, 3.63) is 73.3 Å². The van der Waals surface area contributed by atoms with Gasteiger partial charge in [-0.25, -0.2) is 19.2 Å². The maximum Gasteiger partial charge on any atom is 0.327 e. The molecule has 1 aliphatic rings. The Morgan fingerprint density at radius 1 is 1.15 bits per heavy atom. The number of fused-ring (bicyclic) bond motifs is 1. The molecule has 166 valence electrons. The molecule has 0 spiro atoms. The molecule has 1 atom stereocenters. The Kier molecular flexibility index (Phi) is 5.43. The van der Waals surface area contributed by atoms with Gasteiger partial charge in [-0.05, 0) is 43.7 Å². The van der Waals surface area contributed by atoms with Crippen LogP contribution in [0.4, 0.5) is 26.4 Å². The summed E-state index contributed by atoms with van der Waals surface area (Å²) in [5.41, 5.74) is 3.22. The molecule has 8 nitrogen and oxygen atoms in total. The zero-order chi connectivity index (χ0) is 22.8. The fraction of sp³-hybridized carbons (Fsp3) is 0.167. The maximum atomic E-state index is 13.7. The number of rotatable bonds is 3. The van der Waals surface area contributed by atoms with Crippen molar-refractivity contribution in [3.63, 3.8) is 0 Å². The summed E-state index contributed by atoms with van der Waals surface area (Å²) < 4.78 is 19.1. The van der Waals surface area contributed by atoms with Crippen LogP contribution in [0, 0.1) is 5.82 Å². The SMILES string of the molecule is C[C@@H]1CCNc2ccc(-c3cncc(F)c3)nc2N1C(=O)Nc1cccc(-c2cnco2)c1. The number of nitrogens with zero attached hydrogens (tertiary/aromatic N) is 4. The van der Waals surface area contributed by atoms with Crippen LogP contribution in [0.5, 0.6) is 0 Å². The average molecular weight is 444 g/mol. The Balaban J connectivity index is 1.48. The van der Waals surface area contributed by atoms with Gasteiger partial charge in [-0.2, -0.15) is 0 Å². The molecule has 0 aliphatic carbocycles. The first-order valence-corrected chi connectivity index (χ1v) is 10.5. The second-order valence-corrected chi connectivity index (χ2v) is 7.77. The van der Waals surface area contributed by atoms with Crippen LogP contribution >= 0.6 is 0 Å². The van der Waals surface area contributed by atoms with Gasteiger partial charge in [0.15, 0.2) is 18.0 Å². The normalized spacial score (nSPS) is 15.3. The molecule has 2 N–H and O–H groups in total. The van der Waals surface area contributed by atoms with Gasteiger partial charge in [0.2, 0.25) is 0 Å². The molecule has 0 fully saturated rings. The van der Waals surface area contributed by atoms with Gasteiger partial charge in [0.1, 0.15) is 5.82 Å². The molecule has 0 unspecified atom stereocenters. The van der Waals surface area contributed by atoms with E-state index in [0.29, 0.717) is 35.1 Å². The summed E-state index contributed by atoms with van der Waals surface area (Å²) in [5, 5.41) is 6.29. The van der Waals surface area contributed by atoms with Crippen molar-refractivity contribution in [3.8, 4) is 22.6 Å². The number of carbonyl (C=O) groups is 1. The lowest BCUT2D eigenvalue weighted by Crippen LogP contribution is -2.42. The van der Waals surface area contributed by atoms with Gasteiger partial charge in [-0.3, -0.25) is 9.88 Å². The van der Waals surface area contributed by atoms with Gasteiger partial charge in [0, 0.05) is 35.6 Å². The van der Waals surface area contributed by atoms with Crippen molar-refractivity contribution in [2.24, 2.45) is 0 Å². The zero-order valence-corrected chi connectivity index (χ0v) is 17.8. The van der Waals surface area contributed by atoms with Crippen LogP contribution in [0.25, 0.3) is 22.6 Å². The summed E-state index contributed by atoms with van der Waals surface area (Å²) in [6, 6.07) is 11.9. The molecule has 0 saturated heterocycles. The Morgan fingerprint density at radius 3 is 2.88 bits per heavy atom. The van der Waals surface area contributed by atoms with Crippen molar-refractivity contribution in [2.75, 3.05) is 22.1 Å². The topological polar surface area (TPSA) is 96.2 Å². The van der Waals surface area contributed by atoms with Gasteiger partial charge in [0.05, 0.1) is 23.8 Å². The fourth-order valence-corrected chi connectivity index (χ4v) is 3.82. The van der Waals surface area contributed by atoms with E-state index in [-0.39, 0.29) is 12.1 Å². The van der Waals surface area contributed by atoms with Crippen molar-refractivity contribution in [1.29, 1.82) is 0 Å². The summed E-state index contributed by atoms with van der Waals surface area (Å²) >= 11 is 0. The lowest BCUT2D eigenvalue weighted by molar-refractivity contribution is 0.255. The molecule has 1 aromatic carbocycles. The largest absolute Gasteiger partial charge is 0.444 e. The highest BCUT2D eigenvalue weighted by Gasteiger charge is 2.29. The van der Waals surface area contributed by atoms with Gasteiger partial charge in [-0.15, -0.1) is 0 Å². The van der Waals surface area contributed by atoms with Crippen molar-refractivity contribution >= 4 is 23.2 Å². The highest BCUT2D eigenvalue weighted by Crippen LogP contribution is 2.33. The lowest BCUT2D eigenvalue weighted by atomic mass is 10.1. The van der Waals surface area contributed by atoms with E-state index in [1.54, 1.807) is 23.4 Å². The minimum atomic E-state index is -0.447. The Hall–Kier alpha value is -4.27. The highest BCUT2D eigenvalue weighted by molar-refractivity contribution is 6.04. The number of anilines is 3. The van der Waals surface area contributed by atoms with Crippen LogP contribution in [0.3, 0.4) is 0 Å². The fourth-order valence-electron chi connectivity index (χ4n) is 3.82. The minimum absolute atomic E-state index is 0.121. The van der Waals surface area contributed by atoms with E-state index in [1.165, 1.54) is 12.5 Å². The molecule has 3 aromatic heterocycles. The first kappa shape index (κ1) is 20.6. The van der Waals surface area contributed by atoms with Crippen LogP contribution in [0.1, 0.15) is 13.3 Å². The second-order valence-electron chi connectivity index (χ2n) is 7.77. The predicted molar refractivity (Wildman–Crippen MR) is 123 cm³/mol. The number of nitrogens with one attached hydrogen (secondary N) is 2. The summed E-state index contributed by atoms with van der Waals surface area (Å²) in [6.07, 6.45) is 6.40. The second kappa shape index (κ2) is 8.70. The third-order valence-electron chi connectivity index (χ3n) is 5.47. The summed E-state index contributed by atoms with van der Waals surface area (Å²) in [7, 11) is 0. The molecular weight excluding hydrogens is 423 g/mol. The number of benzene rings is 1. The maximum absolute atomic E-state index is 13.7. The number of aromatic nitrogens is 3. The van der Waals surface area contributed by atoms with Gasteiger partial charge < -0.3 is 15.1 Å². The average Bonchev–Trinajstić information content (AvgIpc) is 3.30. The monoisotopic (exact) mass is 444 g/mol. The van der Waals surface area contributed by atoms with Crippen LogP contribution in [0.2, 0.25) is 0 Å². The van der Waals surface area contributed by atoms with E-state index in [9.17, 15) is 9.18 Å². The lowest BCUT2D eigenvalue weighted by Gasteiger charge is -2.27. The molecule has 4 heterocycles. The molecule has 4 aromatic rings. The number of hydrogen-bond acceptors (Lipinski definition) is 6. The number of urea groups is 1.